The van der Waals surface area contributed by atoms with Crippen LogP contribution < -0.4 is 11.5 Å². The van der Waals surface area contributed by atoms with Gasteiger partial charge in [-0.1, -0.05) is 0 Å². The number of carbonyl (C=O) groups excluding carboxylic acids is 2. The molecule has 6 N–H and O–H groups in total. The van der Waals surface area contributed by atoms with E-state index in [1.54, 1.807) is 0 Å². The van der Waals surface area contributed by atoms with Gasteiger partial charge in [-0.3, -0.25) is 9.59 Å². The van der Waals surface area contributed by atoms with E-state index in [4.69, 9.17) is 21.7 Å². The largest absolute Gasteiger partial charge is 0.384 e. The van der Waals surface area contributed by atoms with Gasteiger partial charge in [-0.25, -0.2) is 0 Å². The predicted octanol–water partition coefficient (Wildman–Crippen LogP) is -2.46. The maximum atomic E-state index is 11.0. The topological polar surface area (TPSA) is 127 Å². The first-order chi connectivity index (χ1) is 6.52. The molecule has 2 atom stereocenters. The predicted molar refractivity (Wildman–Crippen MR) is 49.4 cm³/mol. The van der Waals surface area contributed by atoms with Gasteiger partial charge in [0.05, 0.1) is 0 Å². The molecule has 0 aromatic rings. The van der Waals surface area contributed by atoms with Crippen molar-refractivity contribution in [1.29, 1.82) is 0 Å². The van der Waals surface area contributed by atoms with Crippen LogP contribution in [0.4, 0.5) is 0 Å². The molecule has 0 fully saturated rings. The van der Waals surface area contributed by atoms with Crippen molar-refractivity contribution in [3.8, 4) is 0 Å². The third-order valence-corrected chi connectivity index (χ3v) is 1.81. The molecule has 0 saturated heterocycles. The van der Waals surface area contributed by atoms with E-state index in [0.29, 0.717) is 0 Å². The lowest BCUT2D eigenvalue weighted by Gasteiger charge is -2.08. The molecule has 0 rings (SSSR count). The number of ketones is 2. The van der Waals surface area contributed by atoms with Crippen LogP contribution in [0.5, 0.6) is 0 Å². The lowest BCUT2D eigenvalue weighted by Crippen LogP contribution is -2.32. The molecule has 0 aromatic heterocycles. The highest BCUT2D eigenvalue weighted by Gasteiger charge is 2.17. The molecule has 14 heavy (non-hydrogen) atoms. The second-order valence-corrected chi connectivity index (χ2v) is 2.94. The van der Waals surface area contributed by atoms with E-state index in [1.165, 1.54) is 0 Å². The zero-order chi connectivity index (χ0) is 11.1. The molecule has 0 bridgehead atoms. The molecule has 82 valence electrons. The Labute approximate surface area is 81.9 Å². The van der Waals surface area contributed by atoms with Crippen LogP contribution in [-0.2, 0) is 9.59 Å². The molecule has 0 aliphatic carbocycles. The van der Waals surface area contributed by atoms with Gasteiger partial charge in [0, 0.05) is 25.9 Å². The maximum absolute atomic E-state index is 11.0. The minimum absolute atomic E-state index is 0.117. The van der Waals surface area contributed by atoms with Crippen molar-refractivity contribution in [2.75, 3.05) is 13.1 Å². The Morgan fingerprint density at radius 3 is 1.43 bits per heavy atom. The van der Waals surface area contributed by atoms with Gasteiger partial charge >= 0.3 is 0 Å². The summed E-state index contributed by atoms with van der Waals surface area (Å²) in [6.07, 6.45) is -2.68. The first kappa shape index (κ1) is 13.2. The summed E-state index contributed by atoms with van der Waals surface area (Å²) in [6, 6.07) is 0. The molecule has 0 aliphatic heterocycles. The molecule has 0 aromatic carbocycles. The Kier molecular flexibility index (Phi) is 6.22. The molecule has 6 heteroatoms. The van der Waals surface area contributed by atoms with Gasteiger partial charge in [-0.05, 0) is 0 Å². The molecule has 0 spiro atoms. The van der Waals surface area contributed by atoms with Gasteiger partial charge < -0.3 is 21.7 Å². The van der Waals surface area contributed by atoms with Crippen LogP contribution in [-0.4, -0.2) is 47.1 Å². The summed E-state index contributed by atoms with van der Waals surface area (Å²) >= 11 is 0. The average Bonchev–Trinajstić information content (AvgIpc) is 2.22. The molecule has 2 unspecified atom stereocenters. The van der Waals surface area contributed by atoms with Crippen LogP contribution in [0.25, 0.3) is 0 Å². The van der Waals surface area contributed by atoms with E-state index >= 15 is 0 Å². The molecular formula is C8H16N2O4. The van der Waals surface area contributed by atoms with Crippen molar-refractivity contribution in [3.63, 3.8) is 0 Å². The number of rotatable bonds is 7. The fraction of sp³-hybridized carbons (Fsp3) is 0.750. The van der Waals surface area contributed by atoms with Crippen LogP contribution in [0.1, 0.15) is 12.8 Å². The van der Waals surface area contributed by atoms with Gasteiger partial charge in [0.25, 0.3) is 0 Å². The summed E-state index contributed by atoms with van der Waals surface area (Å²) in [5.41, 5.74) is 10.1. The molecule has 0 amide bonds. The number of aliphatic hydroxyl groups is 2. The van der Waals surface area contributed by atoms with Gasteiger partial charge in [0.2, 0.25) is 0 Å². The quantitative estimate of drug-likeness (QED) is 0.364. The Balaban J connectivity index is 3.83. The van der Waals surface area contributed by atoms with Gasteiger partial charge in [-0.15, -0.1) is 0 Å². The highest BCUT2D eigenvalue weighted by molar-refractivity contribution is 5.90. The zero-order valence-electron chi connectivity index (χ0n) is 7.85. The summed E-state index contributed by atoms with van der Waals surface area (Å²) in [5, 5.41) is 17.9. The van der Waals surface area contributed by atoms with E-state index in [9.17, 15) is 9.59 Å². The summed E-state index contributed by atoms with van der Waals surface area (Å²) < 4.78 is 0. The number of hydrogen-bond donors (Lipinski definition) is 4. The number of hydrogen-bond acceptors (Lipinski definition) is 6. The zero-order valence-corrected chi connectivity index (χ0v) is 7.85. The third kappa shape index (κ3) is 4.43. The fourth-order valence-corrected chi connectivity index (χ4v) is 0.843. The van der Waals surface area contributed by atoms with Crippen LogP contribution in [0.3, 0.4) is 0 Å². The third-order valence-electron chi connectivity index (χ3n) is 1.81. The Morgan fingerprint density at radius 2 is 1.21 bits per heavy atom. The first-order valence-electron chi connectivity index (χ1n) is 4.34. The monoisotopic (exact) mass is 204 g/mol. The number of carbonyl (C=O) groups is 2. The molecule has 0 heterocycles. The highest BCUT2D eigenvalue weighted by atomic mass is 16.3. The molecule has 0 aliphatic rings. The second-order valence-electron chi connectivity index (χ2n) is 2.94. The molecule has 0 radical (unpaired) electrons. The number of Topliss-reactive ketones (excluding diaryl/α,β-unsaturated/α-hetero) is 2. The standard InChI is InChI=1S/C8H16N2O4/c9-3-7(13)5(11)1-2-6(12)8(14)4-10/h7-8,13-14H,1-4,9-10H2. The number of nitrogens with two attached hydrogens (primary N) is 2. The van der Waals surface area contributed by atoms with E-state index in [0.717, 1.165) is 0 Å². The van der Waals surface area contributed by atoms with E-state index in [2.05, 4.69) is 0 Å². The lowest BCUT2D eigenvalue weighted by atomic mass is 10.1. The van der Waals surface area contributed by atoms with Crippen LogP contribution in [0, 0.1) is 0 Å². The Bertz CT molecular complexity index is 186. The summed E-state index contributed by atoms with van der Waals surface area (Å²) in [5.74, 6) is -0.991. The smallest absolute Gasteiger partial charge is 0.163 e. The van der Waals surface area contributed by atoms with Crippen molar-refractivity contribution in [2.24, 2.45) is 11.5 Å². The van der Waals surface area contributed by atoms with Crippen LogP contribution in [0.2, 0.25) is 0 Å². The SMILES string of the molecule is NCC(O)C(=O)CCC(=O)C(O)CN. The summed E-state index contributed by atoms with van der Waals surface area (Å²) in [7, 11) is 0. The molecule has 0 saturated carbocycles. The van der Waals surface area contributed by atoms with E-state index in [-0.39, 0.29) is 25.9 Å². The first-order valence-corrected chi connectivity index (χ1v) is 4.34. The number of aliphatic hydroxyl groups excluding tert-OH is 2. The minimum Gasteiger partial charge on any atom is -0.384 e. The Morgan fingerprint density at radius 1 is 0.929 bits per heavy atom. The molecule has 6 nitrogen and oxygen atoms in total. The molecular weight excluding hydrogens is 188 g/mol. The maximum Gasteiger partial charge on any atom is 0.163 e. The van der Waals surface area contributed by atoms with E-state index < -0.39 is 23.8 Å². The minimum atomic E-state index is -1.22. The fourth-order valence-electron chi connectivity index (χ4n) is 0.843. The van der Waals surface area contributed by atoms with Crippen molar-refractivity contribution in [2.45, 2.75) is 25.0 Å². The van der Waals surface area contributed by atoms with Gasteiger partial charge in [0.15, 0.2) is 11.6 Å². The van der Waals surface area contributed by atoms with Crippen molar-refractivity contribution in [3.05, 3.63) is 0 Å². The van der Waals surface area contributed by atoms with Gasteiger partial charge in [0.1, 0.15) is 12.2 Å². The average molecular weight is 204 g/mol. The normalized spacial score (nSPS) is 14.9. The van der Waals surface area contributed by atoms with Crippen molar-refractivity contribution >= 4 is 11.6 Å². The van der Waals surface area contributed by atoms with Crippen LogP contribution >= 0.6 is 0 Å². The van der Waals surface area contributed by atoms with E-state index in [1.807, 2.05) is 0 Å². The summed E-state index contributed by atoms with van der Waals surface area (Å²) in [6.45, 7) is -0.321. The van der Waals surface area contributed by atoms with Crippen molar-refractivity contribution in [1.82, 2.24) is 0 Å². The Hall–Kier alpha value is -0.820. The van der Waals surface area contributed by atoms with Gasteiger partial charge in [-0.2, -0.15) is 0 Å². The van der Waals surface area contributed by atoms with Crippen molar-refractivity contribution < 1.29 is 19.8 Å². The van der Waals surface area contributed by atoms with Crippen LogP contribution in [0.15, 0.2) is 0 Å². The second kappa shape index (κ2) is 6.61. The lowest BCUT2D eigenvalue weighted by molar-refractivity contribution is -0.132. The highest BCUT2D eigenvalue weighted by Crippen LogP contribution is 1.99. The summed E-state index contributed by atoms with van der Waals surface area (Å²) in [4.78, 5) is 22.0.